The van der Waals surface area contributed by atoms with Gasteiger partial charge in [-0.25, -0.2) is 4.98 Å². The van der Waals surface area contributed by atoms with Gasteiger partial charge in [-0.05, 0) is 24.3 Å². The predicted molar refractivity (Wildman–Crippen MR) is 72.9 cm³/mol. The molecule has 4 N–H and O–H groups in total. The summed E-state index contributed by atoms with van der Waals surface area (Å²) in [6.07, 6.45) is 2.99. The average Bonchev–Trinajstić information content (AvgIpc) is 3.10. The third-order valence-electron chi connectivity index (χ3n) is 2.70. The van der Waals surface area contributed by atoms with Crippen LogP contribution in [0.15, 0.2) is 47.3 Å². The second-order valence-electron chi connectivity index (χ2n) is 4.10. The second-order valence-corrected chi connectivity index (χ2v) is 4.10. The van der Waals surface area contributed by atoms with Gasteiger partial charge in [0.15, 0.2) is 12.2 Å². The molecule has 0 radical (unpaired) electrons. The Bertz CT molecular complexity index is 716. The molecule has 0 spiro atoms. The van der Waals surface area contributed by atoms with Crippen LogP contribution in [0.4, 0.5) is 11.5 Å². The summed E-state index contributed by atoms with van der Waals surface area (Å²) in [5.74, 6) is 0.640. The SMILES string of the molecule is Nc1cc(C(=O)Nc2ccc(-c3cnco3)cc2)[nH]n1. The quantitative estimate of drug-likeness (QED) is 0.672. The van der Waals surface area contributed by atoms with Crippen LogP contribution in [-0.2, 0) is 0 Å². The van der Waals surface area contributed by atoms with E-state index in [-0.39, 0.29) is 11.7 Å². The van der Waals surface area contributed by atoms with Crippen LogP contribution in [0.5, 0.6) is 0 Å². The van der Waals surface area contributed by atoms with Gasteiger partial charge in [0.1, 0.15) is 11.5 Å². The largest absolute Gasteiger partial charge is 0.444 e. The summed E-state index contributed by atoms with van der Waals surface area (Å²) < 4.78 is 5.19. The second kappa shape index (κ2) is 4.88. The number of anilines is 2. The predicted octanol–water partition coefficient (Wildman–Crippen LogP) is 1.90. The van der Waals surface area contributed by atoms with E-state index in [4.69, 9.17) is 10.2 Å². The number of rotatable bonds is 3. The zero-order valence-electron chi connectivity index (χ0n) is 10.3. The number of aromatic nitrogens is 3. The van der Waals surface area contributed by atoms with Crippen LogP contribution >= 0.6 is 0 Å². The molecule has 0 bridgehead atoms. The van der Waals surface area contributed by atoms with Crippen molar-refractivity contribution >= 4 is 17.4 Å². The van der Waals surface area contributed by atoms with Crippen molar-refractivity contribution in [2.24, 2.45) is 0 Å². The van der Waals surface area contributed by atoms with Crippen LogP contribution in [0.3, 0.4) is 0 Å². The fourth-order valence-corrected chi connectivity index (χ4v) is 1.73. The van der Waals surface area contributed by atoms with Crippen molar-refractivity contribution in [3.05, 3.63) is 48.6 Å². The molecule has 2 aromatic heterocycles. The summed E-state index contributed by atoms with van der Waals surface area (Å²) in [5.41, 5.74) is 7.29. The third-order valence-corrected chi connectivity index (χ3v) is 2.70. The number of nitrogen functional groups attached to an aromatic ring is 1. The molecule has 7 heteroatoms. The molecule has 0 fully saturated rings. The maximum atomic E-state index is 11.9. The van der Waals surface area contributed by atoms with Crippen molar-refractivity contribution in [2.75, 3.05) is 11.1 Å². The highest BCUT2D eigenvalue weighted by Crippen LogP contribution is 2.20. The lowest BCUT2D eigenvalue weighted by atomic mass is 10.1. The minimum atomic E-state index is -0.304. The number of nitrogens with zero attached hydrogens (tertiary/aromatic N) is 2. The zero-order valence-corrected chi connectivity index (χ0v) is 10.3. The number of hydrogen-bond acceptors (Lipinski definition) is 5. The van der Waals surface area contributed by atoms with Crippen molar-refractivity contribution in [1.29, 1.82) is 0 Å². The zero-order chi connectivity index (χ0) is 13.9. The Morgan fingerprint density at radius 2 is 2.10 bits per heavy atom. The van der Waals surface area contributed by atoms with Crippen molar-refractivity contribution in [3.8, 4) is 11.3 Å². The lowest BCUT2D eigenvalue weighted by Crippen LogP contribution is -2.12. The standard InChI is InChI=1S/C13H11N5O2/c14-12-5-10(17-18-12)13(19)16-9-3-1-8(2-4-9)11-6-15-7-20-11/h1-7H,(H,16,19)(H3,14,17,18). The van der Waals surface area contributed by atoms with Crippen molar-refractivity contribution in [3.63, 3.8) is 0 Å². The minimum absolute atomic E-state index is 0.274. The van der Waals surface area contributed by atoms with E-state index in [1.54, 1.807) is 18.3 Å². The maximum absolute atomic E-state index is 11.9. The van der Waals surface area contributed by atoms with Gasteiger partial charge in [0, 0.05) is 17.3 Å². The Labute approximate surface area is 113 Å². The average molecular weight is 269 g/mol. The molecular formula is C13H11N5O2. The molecule has 1 amide bonds. The molecule has 0 atom stereocenters. The first-order chi connectivity index (χ1) is 9.72. The number of H-pyrrole nitrogens is 1. The van der Waals surface area contributed by atoms with E-state index in [0.29, 0.717) is 17.1 Å². The van der Waals surface area contributed by atoms with Gasteiger partial charge in [0.25, 0.3) is 5.91 Å². The number of amides is 1. The Morgan fingerprint density at radius 3 is 2.70 bits per heavy atom. The summed E-state index contributed by atoms with van der Waals surface area (Å²) >= 11 is 0. The number of carbonyl (C=O) groups is 1. The Kier molecular flexibility index (Phi) is 2.92. The first kappa shape index (κ1) is 12.0. The molecule has 2 heterocycles. The van der Waals surface area contributed by atoms with Crippen molar-refractivity contribution < 1.29 is 9.21 Å². The van der Waals surface area contributed by atoms with Gasteiger partial charge in [-0.15, -0.1) is 0 Å². The fourth-order valence-electron chi connectivity index (χ4n) is 1.73. The number of nitrogens with one attached hydrogen (secondary N) is 2. The lowest BCUT2D eigenvalue weighted by Gasteiger charge is -2.04. The molecule has 100 valence electrons. The first-order valence-electron chi connectivity index (χ1n) is 5.83. The van der Waals surface area contributed by atoms with E-state index in [9.17, 15) is 4.79 Å². The molecule has 0 saturated heterocycles. The van der Waals surface area contributed by atoms with E-state index in [0.717, 1.165) is 5.56 Å². The number of carbonyl (C=O) groups excluding carboxylic acids is 1. The van der Waals surface area contributed by atoms with E-state index >= 15 is 0 Å². The maximum Gasteiger partial charge on any atom is 0.273 e. The van der Waals surface area contributed by atoms with Crippen LogP contribution in [0.25, 0.3) is 11.3 Å². The summed E-state index contributed by atoms with van der Waals surface area (Å²) in [6, 6.07) is 8.68. The topological polar surface area (TPSA) is 110 Å². The molecule has 1 aromatic carbocycles. The number of hydrogen-bond donors (Lipinski definition) is 3. The number of benzene rings is 1. The van der Waals surface area contributed by atoms with Crippen molar-refractivity contribution in [1.82, 2.24) is 15.2 Å². The Hall–Kier alpha value is -3.09. The number of nitrogens with two attached hydrogens (primary N) is 1. The number of aromatic amines is 1. The van der Waals surface area contributed by atoms with Gasteiger partial charge in [-0.1, -0.05) is 0 Å². The van der Waals surface area contributed by atoms with Crippen LogP contribution < -0.4 is 11.1 Å². The molecule has 0 unspecified atom stereocenters. The van der Waals surface area contributed by atoms with E-state index < -0.39 is 0 Å². The van der Waals surface area contributed by atoms with Crippen LogP contribution in [-0.4, -0.2) is 21.1 Å². The molecule has 0 aliphatic rings. The molecule has 7 nitrogen and oxygen atoms in total. The van der Waals surface area contributed by atoms with Crippen LogP contribution in [0, 0.1) is 0 Å². The Balaban J connectivity index is 1.74. The highest BCUT2D eigenvalue weighted by atomic mass is 16.3. The minimum Gasteiger partial charge on any atom is -0.444 e. The van der Waals surface area contributed by atoms with Crippen molar-refractivity contribution in [2.45, 2.75) is 0 Å². The highest BCUT2D eigenvalue weighted by Gasteiger charge is 2.09. The molecule has 3 aromatic rings. The van der Waals surface area contributed by atoms with Gasteiger partial charge in [0.05, 0.1) is 6.20 Å². The van der Waals surface area contributed by atoms with Gasteiger partial charge in [-0.3, -0.25) is 9.89 Å². The molecule has 0 saturated carbocycles. The molecule has 3 rings (SSSR count). The smallest absolute Gasteiger partial charge is 0.273 e. The molecular weight excluding hydrogens is 258 g/mol. The molecule has 0 aliphatic heterocycles. The summed E-state index contributed by atoms with van der Waals surface area (Å²) in [7, 11) is 0. The third kappa shape index (κ3) is 2.37. The van der Waals surface area contributed by atoms with Gasteiger partial charge in [-0.2, -0.15) is 5.10 Å². The van der Waals surface area contributed by atoms with E-state index in [1.165, 1.54) is 12.5 Å². The first-order valence-corrected chi connectivity index (χ1v) is 5.83. The van der Waals surface area contributed by atoms with Crippen LogP contribution in [0.1, 0.15) is 10.5 Å². The van der Waals surface area contributed by atoms with Gasteiger partial charge < -0.3 is 15.5 Å². The monoisotopic (exact) mass is 269 g/mol. The fraction of sp³-hybridized carbons (Fsp3) is 0. The summed E-state index contributed by atoms with van der Waals surface area (Å²) in [4.78, 5) is 15.7. The van der Waals surface area contributed by atoms with Gasteiger partial charge >= 0.3 is 0 Å². The van der Waals surface area contributed by atoms with Gasteiger partial charge in [0.2, 0.25) is 0 Å². The Morgan fingerprint density at radius 1 is 1.30 bits per heavy atom. The summed E-state index contributed by atoms with van der Waals surface area (Å²) in [6.45, 7) is 0. The summed E-state index contributed by atoms with van der Waals surface area (Å²) in [5, 5.41) is 8.98. The van der Waals surface area contributed by atoms with E-state index in [2.05, 4.69) is 20.5 Å². The van der Waals surface area contributed by atoms with E-state index in [1.807, 2.05) is 12.1 Å². The molecule has 20 heavy (non-hydrogen) atoms. The van der Waals surface area contributed by atoms with Crippen LogP contribution in [0.2, 0.25) is 0 Å². The normalized spacial score (nSPS) is 10.4. The lowest BCUT2D eigenvalue weighted by molar-refractivity contribution is 0.102. The molecule has 0 aliphatic carbocycles. The number of oxazole rings is 1. The highest BCUT2D eigenvalue weighted by molar-refractivity contribution is 6.03.